The first kappa shape index (κ1) is 23.2. The second-order valence-corrected chi connectivity index (χ2v) is 9.83. The van der Waals surface area contributed by atoms with Gasteiger partial charge < -0.3 is 9.80 Å². The van der Waals surface area contributed by atoms with Crippen LogP contribution < -0.4 is 0 Å². The molecule has 1 fully saturated rings. The Morgan fingerprint density at radius 1 is 0.970 bits per heavy atom. The van der Waals surface area contributed by atoms with Gasteiger partial charge in [0.1, 0.15) is 6.54 Å². The van der Waals surface area contributed by atoms with Crippen molar-refractivity contribution in [1.29, 1.82) is 0 Å². The van der Waals surface area contributed by atoms with Crippen molar-refractivity contribution in [2.75, 3.05) is 6.54 Å². The van der Waals surface area contributed by atoms with Crippen LogP contribution in [0.4, 0.5) is 0 Å². The van der Waals surface area contributed by atoms with E-state index in [9.17, 15) is 9.59 Å². The average molecular weight is 461 g/mol. The van der Waals surface area contributed by atoms with Gasteiger partial charge in [-0.2, -0.15) is 0 Å². The van der Waals surface area contributed by atoms with Gasteiger partial charge in [-0.15, -0.1) is 11.3 Å². The summed E-state index contributed by atoms with van der Waals surface area (Å²) in [6.07, 6.45) is 2.68. The molecule has 0 N–H and O–H groups in total. The van der Waals surface area contributed by atoms with Gasteiger partial charge in [-0.25, -0.2) is 0 Å². The number of hydrogen-bond donors (Lipinski definition) is 0. The summed E-state index contributed by atoms with van der Waals surface area (Å²) >= 11 is 1.68. The molecule has 0 radical (unpaired) electrons. The molecule has 0 unspecified atom stereocenters. The van der Waals surface area contributed by atoms with Crippen molar-refractivity contribution >= 4 is 23.2 Å². The first-order chi connectivity index (χ1) is 16.1. The molecule has 1 atom stereocenters. The van der Waals surface area contributed by atoms with E-state index in [0.29, 0.717) is 13.1 Å². The number of carbonyl (C=O) groups excluding carboxylic acids is 2. The third-order valence-electron chi connectivity index (χ3n) is 6.36. The minimum atomic E-state index is -0.207. The average Bonchev–Trinajstić information content (AvgIpc) is 3.60. The highest BCUT2D eigenvalue weighted by Crippen LogP contribution is 2.32. The molecular formula is C28H32N2O2S. The van der Waals surface area contributed by atoms with Gasteiger partial charge in [0.15, 0.2) is 0 Å². The van der Waals surface area contributed by atoms with Crippen LogP contribution in [0.2, 0.25) is 0 Å². The highest BCUT2D eigenvalue weighted by Gasteiger charge is 2.37. The molecule has 3 aromatic rings. The molecule has 2 aromatic carbocycles. The molecular weight excluding hydrogens is 428 g/mol. The molecule has 2 amide bonds. The number of thiophene rings is 1. The van der Waals surface area contributed by atoms with Crippen molar-refractivity contribution in [3.63, 3.8) is 0 Å². The summed E-state index contributed by atoms with van der Waals surface area (Å²) < 4.78 is 0. The maximum absolute atomic E-state index is 13.6. The van der Waals surface area contributed by atoms with Gasteiger partial charge >= 0.3 is 0 Å². The molecule has 1 aliphatic rings. The van der Waals surface area contributed by atoms with Crippen molar-refractivity contribution < 1.29 is 9.59 Å². The van der Waals surface area contributed by atoms with E-state index >= 15 is 0 Å². The molecule has 1 aromatic heterocycles. The van der Waals surface area contributed by atoms with Crippen LogP contribution in [-0.4, -0.2) is 34.2 Å². The lowest BCUT2D eigenvalue weighted by Gasteiger charge is -2.30. The zero-order valence-corrected chi connectivity index (χ0v) is 20.3. The number of rotatable bonds is 10. The van der Waals surface area contributed by atoms with E-state index < -0.39 is 0 Å². The SMILES string of the molecule is CC[C@H](C(=O)N(CC(=O)N(Cc1ccccc1)Cc1sccc1C)C1CC1)c1ccccc1. The fourth-order valence-electron chi connectivity index (χ4n) is 4.23. The quantitative estimate of drug-likeness (QED) is 0.385. The van der Waals surface area contributed by atoms with Crippen LogP contribution in [0, 0.1) is 6.92 Å². The highest BCUT2D eigenvalue weighted by molar-refractivity contribution is 7.10. The van der Waals surface area contributed by atoms with E-state index in [0.717, 1.165) is 30.4 Å². The topological polar surface area (TPSA) is 40.6 Å². The second kappa shape index (κ2) is 10.8. The van der Waals surface area contributed by atoms with Crippen molar-refractivity contribution in [2.24, 2.45) is 0 Å². The van der Waals surface area contributed by atoms with Crippen LogP contribution in [0.3, 0.4) is 0 Å². The lowest BCUT2D eigenvalue weighted by atomic mass is 9.95. The predicted molar refractivity (Wildman–Crippen MR) is 134 cm³/mol. The molecule has 1 heterocycles. The Kier molecular flexibility index (Phi) is 7.61. The van der Waals surface area contributed by atoms with Crippen molar-refractivity contribution in [3.05, 3.63) is 93.7 Å². The molecule has 1 aliphatic carbocycles. The van der Waals surface area contributed by atoms with Crippen LogP contribution in [0.5, 0.6) is 0 Å². The minimum absolute atomic E-state index is 0.00909. The van der Waals surface area contributed by atoms with E-state index in [1.54, 1.807) is 11.3 Å². The summed E-state index contributed by atoms with van der Waals surface area (Å²) in [4.78, 5) is 32.2. The lowest BCUT2D eigenvalue weighted by Crippen LogP contribution is -2.45. The third-order valence-corrected chi connectivity index (χ3v) is 7.36. The Morgan fingerprint density at radius 3 is 2.21 bits per heavy atom. The Hall–Kier alpha value is -2.92. The van der Waals surface area contributed by atoms with Crippen LogP contribution in [-0.2, 0) is 22.7 Å². The van der Waals surface area contributed by atoms with E-state index in [1.807, 2.05) is 77.4 Å². The zero-order chi connectivity index (χ0) is 23.2. The summed E-state index contributed by atoms with van der Waals surface area (Å²) in [5.74, 6) is -0.122. The Labute approximate surface area is 200 Å². The zero-order valence-electron chi connectivity index (χ0n) is 19.4. The number of hydrogen-bond acceptors (Lipinski definition) is 3. The molecule has 33 heavy (non-hydrogen) atoms. The molecule has 5 heteroatoms. The lowest BCUT2D eigenvalue weighted by molar-refractivity contribution is -0.142. The second-order valence-electron chi connectivity index (χ2n) is 8.83. The first-order valence-electron chi connectivity index (χ1n) is 11.8. The predicted octanol–water partition coefficient (Wildman–Crippen LogP) is 5.77. The largest absolute Gasteiger partial charge is 0.332 e. The fourth-order valence-corrected chi connectivity index (χ4v) is 5.15. The number of nitrogens with zero attached hydrogens (tertiary/aromatic N) is 2. The van der Waals surface area contributed by atoms with Gasteiger partial charge in [-0.1, -0.05) is 67.6 Å². The van der Waals surface area contributed by atoms with E-state index in [-0.39, 0.29) is 30.3 Å². The molecule has 0 bridgehead atoms. The molecule has 4 rings (SSSR count). The summed E-state index contributed by atoms with van der Waals surface area (Å²) in [6.45, 7) is 5.38. The molecule has 0 spiro atoms. The van der Waals surface area contributed by atoms with Gasteiger partial charge in [0, 0.05) is 17.5 Å². The van der Waals surface area contributed by atoms with E-state index in [1.165, 1.54) is 10.4 Å². The Balaban J connectivity index is 1.54. The van der Waals surface area contributed by atoms with Crippen LogP contribution >= 0.6 is 11.3 Å². The fraction of sp³-hybridized carbons (Fsp3) is 0.357. The maximum Gasteiger partial charge on any atom is 0.242 e. The normalized spacial score (nSPS) is 14.0. The number of aryl methyl sites for hydroxylation is 1. The first-order valence-corrected chi connectivity index (χ1v) is 12.6. The molecule has 4 nitrogen and oxygen atoms in total. The number of benzene rings is 2. The van der Waals surface area contributed by atoms with Crippen molar-refractivity contribution in [1.82, 2.24) is 9.80 Å². The number of amides is 2. The molecule has 1 saturated carbocycles. The minimum Gasteiger partial charge on any atom is -0.332 e. The third kappa shape index (κ3) is 5.91. The summed E-state index contributed by atoms with van der Waals surface area (Å²) in [5.41, 5.74) is 3.33. The van der Waals surface area contributed by atoms with Crippen molar-refractivity contribution in [2.45, 2.75) is 58.2 Å². The van der Waals surface area contributed by atoms with Gasteiger partial charge in [0.2, 0.25) is 11.8 Å². The molecule has 0 saturated heterocycles. The summed E-state index contributed by atoms with van der Waals surface area (Å²) in [7, 11) is 0. The van der Waals surface area contributed by atoms with Gasteiger partial charge in [0.05, 0.1) is 12.5 Å². The van der Waals surface area contributed by atoms with Crippen LogP contribution in [0.25, 0.3) is 0 Å². The van der Waals surface area contributed by atoms with E-state index in [2.05, 4.69) is 18.4 Å². The van der Waals surface area contributed by atoms with Gasteiger partial charge in [-0.05, 0) is 54.3 Å². The van der Waals surface area contributed by atoms with Gasteiger partial charge in [-0.3, -0.25) is 9.59 Å². The van der Waals surface area contributed by atoms with Crippen LogP contribution in [0.15, 0.2) is 72.1 Å². The molecule has 172 valence electrons. The van der Waals surface area contributed by atoms with Crippen LogP contribution in [0.1, 0.15) is 53.7 Å². The summed E-state index contributed by atoms with van der Waals surface area (Å²) in [6, 6.07) is 22.3. The van der Waals surface area contributed by atoms with E-state index in [4.69, 9.17) is 0 Å². The molecule has 0 aliphatic heterocycles. The highest BCUT2D eigenvalue weighted by atomic mass is 32.1. The standard InChI is InChI=1S/C28H32N2O2S/c1-3-25(23-12-8-5-9-13-23)28(32)30(24-14-15-24)20-27(31)29(18-22-10-6-4-7-11-22)19-26-21(2)16-17-33-26/h4-13,16-17,24-25H,3,14-15,18-20H2,1-2H3/t25-/m0/s1. The van der Waals surface area contributed by atoms with Gasteiger partial charge in [0.25, 0.3) is 0 Å². The van der Waals surface area contributed by atoms with Crippen molar-refractivity contribution in [3.8, 4) is 0 Å². The monoisotopic (exact) mass is 460 g/mol. The summed E-state index contributed by atoms with van der Waals surface area (Å²) in [5, 5.41) is 2.07. The Morgan fingerprint density at radius 2 is 1.64 bits per heavy atom. The Bertz CT molecular complexity index is 1060. The smallest absolute Gasteiger partial charge is 0.242 e. The number of carbonyl (C=O) groups is 2. The maximum atomic E-state index is 13.6.